The zero-order valence-corrected chi connectivity index (χ0v) is 20.4. The van der Waals surface area contributed by atoms with Gasteiger partial charge < -0.3 is 19.1 Å². The quantitative estimate of drug-likeness (QED) is 0.273. The Labute approximate surface area is 213 Å². The molecule has 188 valence electrons. The number of nitrogens with zero attached hydrogens (tertiary/aromatic N) is 1. The van der Waals surface area contributed by atoms with Crippen molar-refractivity contribution < 1.29 is 28.7 Å². The Balaban J connectivity index is 1.25. The number of ether oxygens (including phenoxy) is 2. The Morgan fingerprint density at radius 3 is 2.19 bits per heavy atom. The summed E-state index contributed by atoms with van der Waals surface area (Å²) >= 11 is 0. The summed E-state index contributed by atoms with van der Waals surface area (Å²) in [4.78, 5) is 24.1. The Morgan fingerprint density at radius 1 is 0.973 bits per heavy atom. The molecule has 0 radical (unpaired) electrons. The smallest absolute Gasteiger partial charge is 0.412 e. The highest BCUT2D eigenvalue weighted by Gasteiger charge is 2.51. The molecule has 1 unspecified atom stereocenters. The Hall–Kier alpha value is -4.59. The van der Waals surface area contributed by atoms with E-state index in [1.165, 1.54) is 0 Å². The second kappa shape index (κ2) is 9.81. The lowest BCUT2D eigenvalue weighted by Gasteiger charge is -2.14. The van der Waals surface area contributed by atoms with Crippen LogP contribution >= 0.6 is 0 Å². The summed E-state index contributed by atoms with van der Waals surface area (Å²) in [5.74, 6) is 0.817. The van der Waals surface area contributed by atoms with Crippen molar-refractivity contribution >= 4 is 17.7 Å². The van der Waals surface area contributed by atoms with Crippen molar-refractivity contribution in [3.05, 3.63) is 95.7 Å². The van der Waals surface area contributed by atoms with E-state index < -0.39 is 23.6 Å². The summed E-state index contributed by atoms with van der Waals surface area (Å²) in [6, 6.07) is 23.8. The largest absolute Gasteiger partial charge is 0.481 e. The lowest BCUT2D eigenvalue weighted by atomic mass is 9.96. The van der Waals surface area contributed by atoms with E-state index in [2.05, 4.69) is 10.5 Å². The van der Waals surface area contributed by atoms with E-state index in [0.717, 1.165) is 11.1 Å². The predicted molar refractivity (Wildman–Crippen MR) is 137 cm³/mol. The van der Waals surface area contributed by atoms with Crippen LogP contribution in [0.1, 0.15) is 42.7 Å². The van der Waals surface area contributed by atoms with Gasteiger partial charge in [-0.1, -0.05) is 47.6 Å². The molecule has 3 aromatic carbocycles. The molecule has 1 aromatic heterocycles. The number of carbonyl (C=O) groups is 2. The molecule has 2 N–H and O–H groups in total. The van der Waals surface area contributed by atoms with Gasteiger partial charge in [0.25, 0.3) is 0 Å². The highest BCUT2D eigenvalue weighted by molar-refractivity contribution is 5.91. The molecule has 1 fully saturated rings. The Morgan fingerprint density at radius 2 is 1.59 bits per heavy atom. The average molecular weight is 499 g/mol. The third-order valence-electron chi connectivity index (χ3n) is 6.56. The van der Waals surface area contributed by atoms with Crippen molar-refractivity contribution in [3.63, 3.8) is 0 Å². The number of carbonyl (C=O) groups excluding carboxylic acids is 1. The third kappa shape index (κ3) is 5.04. The zero-order chi connectivity index (χ0) is 26.0. The molecular formula is C29H26N2O6. The van der Waals surface area contributed by atoms with Gasteiger partial charge in [-0.05, 0) is 74.2 Å². The first-order valence-electron chi connectivity index (χ1n) is 12.0. The number of hydrogen-bond donors (Lipinski definition) is 2. The molecule has 1 saturated carbocycles. The highest BCUT2D eigenvalue weighted by Crippen LogP contribution is 2.48. The van der Waals surface area contributed by atoms with Gasteiger partial charge in [-0.2, -0.15) is 0 Å². The van der Waals surface area contributed by atoms with Crippen molar-refractivity contribution in [2.24, 2.45) is 0 Å². The van der Waals surface area contributed by atoms with Crippen LogP contribution in [0.5, 0.6) is 11.5 Å². The van der Waals surface area contributed by atoms with Gasteiger partial charge in [0.1, 0.15) is 29.0 Å². The SMILES string of the molecule is Cc1noc(-c2ccc(Oc3ccc(C4(C(=O)O)CC4)cc3)cc2)c1NC(=O)OC(C)c1ccccc1. The van der Waals surface area contributed by atoms with Crippen molar-refractivity contribution in [2.75, 3.05) is 5.32 Å². The number of aromatic nitrogens is 1. The van der Waals surface area contributed by atoms with E-state index in [4.69, 9.17) is 14.0 Å². The molecule has 0 spiro atoms. The molecular weight excluding hydrogens is 472 g/mol. The molecule has 1 aliphatic carbocycles. The fourth-order valence-corrected chi connectivity index (χ4v) is 4.20. The van der Waals surface area contributed by atoms with E-state index in [1.807, 2.05) is 30.3 Å². The Bertz CT molecular complexity index is 1410. The lowest BCUT2D eigenvalue weighted by molar-refractivity contribution is -0.140. The maximum absolute atomic E-state index is 12.6. The van der Waals surface area contributed by atoms with E-state index in [-0.39, 0.29) is 0 Å². The first kappa shape index (κ1) is 24.1. The van der Waals surface area contributed by atoms with Crippen LogP contribution < -0.4 is 10.1 Å². The zero-order valence-electron chi connectivity index (χ0n) is 20.4. The number of aliphatic carboxylic acids is 1. The third-order valence-corrected chi connectivity index (χ3v) is 6.56. The topological polar surface area (TPSA) is 111 Å². The molecule has 0 saturated heterocycles. The van der Waals surface area contributed by atoms with Crippen molar-refractivity contribution in [3.8, 4) is 22.8 Å². The minimum atomic E-state index is -0.785. The number of benzene rings is 3. The fraction of sp³-hybridized carbons (Fsp3) is 0.207. The van der Waals surface area contributed by atoms with E-state index in [1.54, 1.807) is 62.4 Å². The van der Waals surface area contributed by atoms with Crippen LogP contribution in [0.4, 0.5) is 10.5 Å². The van der Waals surface area contributed by atoms with Crippen LogP contribution in [0.3, 0.4) is 0 Å². The maximum Gasteiger partial charge on any atom is 0.412 e. The summed E-state index contributed by atoms with van der Waals surface area (Å²) in [5.41, 5.74) is 2.59. The molecule has 1 amide bonds. The monoisotopic (exact) mass is 498 g/mol. The fourth-order valence-electron chi connectivity index (χ4n) is 4.20. The van der Waals surface area contributed by atoms with Crippen LogP contribution in [-0.4, -0.2) is 22.3 Å². The van der Waals surface area contributed by atoms with Gasteiger partial charge >= 0.3 is 12.1 Å². The average Bonchev–Trinajstić information content (AvgIpc) is 3.65. The number of nitrogens with one attached hydrogen (secondary N) is 1. The second-order valence-electron chi connectivity index (χ2n) is 9.09. The van der Waals surface area contributed by atoms with Crippen LogP contribution in [0.15, 0.2) is 83.4 Å². The summed E-state index contributed by atoms with van der Waals surface area (Å²) in [6.07, 6.45) is 0.287. The van der Waals surface area contributed by atoms with E-state index >= 15 is 0 Å². The van der Waals surface area contributed by atoms with Gasteiger partial charge in [-0.15, -0.1) is 0 Å². The molecule has 8 heteroatoms. The normalized spacial score (nSPS) is 14.4. The minimum Gasteiger partial charge on any atom is -0.481 e. The number of anilines is 1. The standard InChI is InChI=1S/C29H26N2O6/c1-18-25(30-28(34)35-19(2)20-6-4-3-5-7-20)26(37-31-18)21-8-12-23(13-9-21)36-24-14-10-22(11-15-24)29(16-17-29)27(32)33/h3-15,19H,16-17H2,1-2H3,(H,30,34)(H,32,33). The lowest BCUT2D eigenvalue weighted by Crippen LogP contribution is -2.19. The van der Waals surface area contributed by atoms with Gasteiger partial charge in [0, 0.05) is 5.56 Å². The molecule has 8 nitrogen and oxygen atoms in total. The number of aryl methyl sites for hydroxylation is 1. The molecule has 37 heavy (non-hydrogen) atoms. The van der Waals surface area contributed by atoms with Crippen LogP contribution in [0.25, 0.3) is 11.3 Å². The summed E-state index contributed by atoms with van der Waals surface area (Å²) < 4.78 is 16.9. The molecule has 1 aliphatic rings. The van der Waals surface area contributed by atoms with Crippen molar-refractivity contribution in [2.45, 2.75) is 38.2 Å². The van der Waals surface area contributed by atoms with Gasteiger partial charge in [0.2, 0.25) is 0 Å². The van der Waals surface area contributed by atoms with Crippen molar-refractivity contribution in [1.82, 2.24) is 5.16 Å². The molecule has 1 heterocycles. The van der Waals surface area contributed by atoms with Gasteiger partial charge in [-0.25, -0.2) is 4.79 Å². The van der Waals surface area contributed by atoms with Crippen LogP contribution in [0, 0.1) is 6.92 Å². The first-order chi connectivity index (χ1) is 17.9. The first-order valence-corrected chi connectivity index (χ1v) is 12.0. The van der Waals surface area contributed by atoms with Gasteiger partial charge in [0.05, 0.1) is 5.41 Å². The molecule has 0 aliphatic heterocycles. The van der Waals surface area contributed by atoms with Crippen LogP contribution in [0.2, 0.25) is 0 Å². The molecule has 1 atom stereocenters. The van der Waals surface area contributed by atoms with Crippen LogP contribution in [-0.2, 0) is 14.9 Å². The van der Waals surface area contributed by atoms with Gasteiger partial charge in [0.15, 0.2) is 5.76 Å². The Kier molecular flexibility index (Phi) is 6.40. The van der Waals surface area contributed by atoms with Crippen molar-refractivity contribution in [1.29, 1.82) is 0 Å². The predicted octanol–water partition coefficient (Wildman–Crippen LogP) is 6.87. The van der Waals surface area contributed by atoms with E-state index in [0.29, 0.717) is 47.0 Å². The maximum atomic E-state index is 12.6. The van der Waals surface area contributed by atoms with Gasteiger partial charge in [-0.3, -0.25) is 10.1 Å². The summed E-state index contributed by atoms with van der Waals surface area (Å²) in [5, 5.41) is 16.2. The summed E-state index contributed by atoms with van der Waals surface area (Å²) in [6.45, 7) is 3.54. The van der Waals surface area contributed by atoms with E-state index in [9.17, 15) is 14.7 Å². The molecule has 5 rings (SSSR count). The highest BCUT2D eigenvalue weighted by atomic mass is 16.6. The number of carboxylic acids is 1. The molecule has 0 bridgehead atoms. The second-order valence-corrected chi connectivity index (χ2v) is 9.09. The number of rotatable bonds is 8. The number of amides is 1. The molecule has 4 aromatic rings. The summed E-state index contributed by atoms with van der Waals surface area (Å²) in [7, 11) is 0. The minimum absolute atomic E-state index is 0.404. The number of hydrogen-bond acceptors (Lipinski definition) is 6. The number of carboxylic acid groups (broad SMARTS) is 1.